The molecule has 1 aromatic rings. The molecule has 3 nitrogen and oxygen atoms in total. The average molecular weight is 298 g/mol. The van der Waals surface area contributed by atoms with Crippen LogP contribution in [0.2, 0.25) is 0 Å². The SMILES string of the molecule is CC(C(N)c1ccc(Br)s1)S(C)(=O)=O. The van der Waals surface area contributed by atoms with Gasteiger partial charge >= 0.3 is 0 Å². The van der Waals surface area contributed by atoms with Crippen LogP contribution in [0.1, 0.15) is 17.8 Å². The van der Waals surface area contributed by atoms with E-state index in [0.29, 0.717) is 0 Å². The van der Waals surface area contributed by atoms with Crippen molar-refractivity contribution >= 4 is 37.1 Å². The molecule has 0 spiro atoms. The minimum atomic E-state index is -3.07. The van der Waals surface area contributed by atoms with E-state index in [9.17, 15) is 8.42 Å². The largest absolute Gasteiger partial charge is 0.322 e. The van der Waals surface area contributed by atoms with Gasteiger partial charge in [-0.1, -0.05) is 0 Å². The first-order valence-electron chi connectivity index (χ1n) is 4.02. The fourth-order valence-electron chi connectivity index (χ4n) is 1.01. The highest BCUT2D eigenvalue weighted by Gasteiger charge is 2.24. The summed E-state index contributed by atoms with van der Waals surface area (Å²) >= 11 is 4.78. The number of halogens is 1. The molecule has 1 heterocycles. The third-order valence-corrected chi connectivity index (χ3v) is 5.47. The zero-order chi connectivity index (χ0) is 10.9. The molecule has 0 aliphatic carbocycles. The highest BCUT2D eigenvalue weighted by molar-refractivity contribution is 9.11. The summed E-state index contributed by atoms with van der Waals surface area (Å²) in [6.45, 7) is 1.63. The molecule has 14 heavy (non-hydrogen) atoms. The summed E-state index contributed by atoms with van der Waals surface area (Å²) in [5.41, 5.74) is 5.85. The Morgan fingerprint density at radius 2 is 2.07 bits per heavy atom. The number of rotatable bonds is 3. The average Bonchev–Trinajstić information content (AvgIpc) is 2.47. The molecule has 0 bridgehead atoms. The Kier molecular flexibility index (Phi) is 3.74. The summed E-state index contributed by atoms with van der Waals surface area (Å²) < 4.78 is 23.5. The van der Waals surface area contributed by atoms with Crippen molar-refractivity contribution in [2.75, 3.05) is 6.26 Å². The first-order chi connectivity index (χ1) is 6.32. The Hall–Kier alpha value is 0.0900. The molecule has 6 heteroatoms. The van der Waals surface area contributed by atoms with Crippen LogP contribution >= 0.6 is 27.3 Å². The molecule has 2 atom stereocenters. The molecule has 0 radical (unpaired) electrons. The van der Waals surface area contributed by atoms with Crippen LogP contribution in [0, 0.1) is 0 Å². The van der Waals surface area contributed by atoms with Crippen LogP contribution in [0.15, 0.2) is 15.9 Å². The second-order valence-corrected chi connectivity index (χ2v) is 8.10. The predicted molar refractivity (Wildman–Crippen MR) is 63.3 cm³/mol. The van der Waals surface area contributed by atoms with Crippen molar-refractivity contribution in [3.8, 4) is 0 Å². The fraction of sp³-hybridized carbons (Fsp3) is 0.500. The van der Waals surface area contributed by atoms with Gasteiger partial charge in [0.25, 0.3) is 0 Å². The topological polar surface area (TPSA) is 60.2 Å². The third kappa shape index (κ3) is 2.79. The lowest BCUT2D eigenvalue weighted by Crippen LogP contribution is -2.29. The number of nitrogens with two attached hydrogens (primary N) is 1. The van der Waals surface area contributed by atoms with Crippen molar-refractivity contribution in [1.29, 1.82) is 0 Å². The van der Waals surface area contributed by atoms with E-state index in [1.807, 2.05) is 12.1 Å². The van der Waals surface area contributed by atoms with Crippen LogP contribution in [-0.4, -0.2) is 19.9 Å². The van der Waals surface area contributed by atoms with Crippen molar-refractivity contribution < 1.29 is 8.42 Å². The lowest BCUT2D eigenvalue weighted by Gasteiger charge is -2.16. The van der Waals surface area contributed by atoms with Gasteiger partial charge < -0.3 is 5.73 Å². The summed E-state index contributed by atoms with van der Waals surface area (Å²) in [5, 5.41) is -0.548. The molecule has 1 rings (SSSR count). The summed E-state index contributed by atoms with van der Waals surface area (Å²) in [4.78, 5) is 0.884. The smallest absolute Gasteiger partial charge is 0.151 e. The van der Waals surface area contributed by atoms with Gasteiger partial charge in [0.1, 0.15) is 0 Å². The van der Waals surface area contributed by atoms with Gasteiger partial charge in [0, 0.05) is 11.1 Å². The van der Waals surface area contributed by atoms with Gasteiger partial charge in [0.2, 0.25) is 0 Å². The molecule has 1 aromatic heterocycles. The molecule has 0 saturated carbocycles. The molecule has 0 aliphatic heterocycles. The Balaban J connectivity index is 2.91. The van der Waals surface area contributed by atoms with Crippen LogP contribution < -0.4 is 5.73 Å². The maximum Gasteiger partial charge on any atom is 0.151 e. The third-order valence-electron chi connectivity index (χ3n) is 2.10. The Bertz CT molecular complexity index is 413. The predicted octanol–water partition coefficient (Wildman–Crippen LogP) is 1.94. The molecule has 0 fully saturated rings. The van der Waals surface area contributed by atoms with Crippen molar-refractivity contribution in [2.45, 2.75) is 18.2 Å². The Morgan fingerprint density at radius 3 is 2.43 bits per heavy atom. The van der Waals surface area contributed by atoms with E-state index in [0.717, 1.165) is 8.66 Å². The number of hydrogen-bond donors (Lipinski definition) is 1. The molecule has 2 N–H and O–H groups in total. The van der Waals surface area contributed by atoms with Gasteiger partial charge in [-0.2, -0.15) is 0 Å². The highest BCUT2D eigenvalue weighted by Crippen LogP contribution is 2.29. The summed E-state index contributed by atoms with van der Waals surface area (Å²) in [6.07, 6.45) is 1.21. The standard InChI is InChI=1S/C8H12BrNO2S2/c1-5(14(2,11)12)8(10)6-3-4-7(9)13-6/h3-5,8H,10H2,1-2H3. The molecule has 0 aromatic carbocycles. The van der Waals surface area contributed by atoms with Crippen LogP contribution in [0.4, 0.5) is 0 Å². The van der Waals surface area contributed by atoms with E-state index in [2.05, 4.69) is 15.9 Å². The van der Waals surface area contributed by atoms with E-state index in [1.54, 1.807) is 6.92 Å². The van der Waals surface area contributed by atoms with Crippen molar-refractivity contribution in [2.24, 2.45) is 5.73 Å². The molecular weight excluding hydrogens is 286 g/mol. The number of thiophene rings is 1. The van der Waals surface area contributed by atoms with Crippen molar-refractivity contribution in [1.82, 2.24) is 0 Å². The maximum absolute atomic E-state index is 11.3. The van der Waals surface area contributed by atoms with Gasteiger partial charge in [-0.15, -0.1) is 11.3 Å². The monoisotopic (exact) mass is 297 g/mol. The Morgan fingerprint density at radius 1 is 1.50 bits per heavy atom. The van der Waals surface area contributed by atoms with Crippen LogP contribution in [0.3, 0.4) is 0 Å². The minimum Gasteiger partial charge on any atom is -0.322 e. The second kappa shape index (κ2) is 4.30. The minimum absolute atomic E-state index is 0.443. The van der Waals surface area contributed by atoms with Crippen LogP contribution in [0.5, 0.6) is 0 Å². The van der Waals surface area contributed by atoms with Crippen molar-refractivity contribution in [3.63, 3.8) is 0 Å². The summed E-state index contributed by atoms with van der Waals surface area (Å²) in [6, 6.07) is 3.27. The molecule has 0 aliphatic rings. The Labute approximate surface area is 96.4 Å². The van der Waals surface area contributed by atoms with Gasteiger partial charge in [0.15, 0.2) is 9.84 Å². The lowest BCUT2D eigenvalue weighted by atomic mass is 10.2. The van der Waals surface area contributed by atoms with E-state index >= 15 is 0 Å². The van der Waals surface area contributed by atoms with Crippen LogP contribution in [0.25, 0.3) is 0 Å². The van der Waals surface area contributed by atoms with E-state index in [1.165, 1.54) is 17.6 Å². The number of hydrogen-bond acceptors (Lipinski definition) is 4. The summed E-state index contributed by atoms with van der Waals surface area (Å²) in [5.74, 6) is 0. The zero-order valence-electron chi connectivity index (χ0n) is 7.90. The number of sulfone groups is 1. The van der Waals surface area contributed by atoms with Gasteiger partial charge in [-0.25, -0.2) is 8.42 Å². The van der Waals surface area contributed by atoms with E-state index in [-0.39, 0.29) is 0 Å². The van der Waals surface area contributed by atoms with Gasteiger partial charge in [-0.05, 0) is 35.0 Å². The molecule has 80 valence electrons. The highest BCUT2D eigenvalue weighted by atomic mass is 79.9. The first-order valence-corrected chi connectivity index (χ1v) is 7.58. The molecule has 0 amide bonds. The maximum atomic E-state index is 11.3. The quantitative estimate of drug-likeness (QED) is 0.927. The molecular formula is C8H12BrNO2S2. The zero-order valence-corrected chi connectivity index (χ0v) is 11.1. The normalized spacial score (nSPS) is 16.6. The first kappa shape index (κ1) is 12.2. The molecule has 0 saturated heterocycles. The lowest BCUT2D eigenvalue weighted by molar-refractivity contribution is 0.572. The fourth-order valence-corrected chi connectivity index (χ4v) is 3.30. The second-order valence-electron chi connectivity index (χ2n) is 3.20. The van der Waals surface area contributed by atoms with Gasteiger partial charge in [0.05, 0.1) is 15.1 Å². The summed E-state index contributed by atoms with van der Waals surface area (Å²) in [7, 11) is -3.07. The molecule has 2 unspecified atom stereocenters. The van der Waals surface area contributed by atoms with Crippen molar-refractivity contribution in [3.05, 3.63) is 20.8 Å². The van der Waals surface area contributed by atoms with E-state index < -0.39 is 21.1 Å². The van der Waals surface area contributed by atoms with Crippen LogP contribution in [-0.2, 0) is 9.84 Å². The van der Waals surface area contributed by atoms with Gasteiger partial charge in [-0.3, -0.25) is 0 Å². The van der Waals surface area contributed by atoms with E-state index in [4.69, 9.17) is 5.73 Å².